The Kier molecular flexibility index (Phi) is 5.36. The molecule has 1 heterocycles. The van der Waals surface area contributed by atoms with Gasteiger partial charge < -0.3 is 10.6 Å². The van der Waals surface area contributed by atoms with Crippen LogP contribution in [0.4, 0.5) is 11.5 Å². The van der Waals surface area contributed by atoms with E-state index in [1.807, 2.05) is 48.1 Å². The molecule has 0 aliphatic rings. The number of anilines is 2. The summed E-state index contributed by atoms with van der Waals surface area (Å²) in [5, 5.41) is 12.1. The summed E-state index contributed by atoms with van der Waals surface area (Å²) in [6.07, 6.45) is 1.91. The van der Waals surface area contributed by atoms with Crippen LogP contribution in [0.2, 0.25) is 5.02 Å². The predicted molar refractivity (Wildman–Crippen MR) is 109 cm³/mol. The summed E-state index contributed by atoms with van der Waals surface area (Å²) in [4.78, 5) is 0. The van der Waals surface area contributed by atoms with Gasteiger partial charge in [-0.15, -0.1) is 0 Å². The fourth-order valence-corrected chi connectivity index (χ4v) is 2.91. The van der Waals surface area contributed by atoms with Gasteiger partial charge in [-0.1, -0.05) is 35.9 Å². The minimum Gasteiger partial charge on any atom is -0.332 e. The Hall–Kier alpha value is -2.37. The molecule has 0 saturated carbocycles. The van der Waals surface area contributed by atoms with Crippen LogP contribution in [-0.4, -0.2) is 14.9 Å². The van der Waals surface area contributed by atoms with E-state index in [1.165, 1.54) is 5.56 Å². The molecule has 0 radical (unpaired) electrons. The highest BCUT2D eigenvalue weighted by atomic mass is 35.5. The SMILES string of the molecule is Cc1ccc(C)c(NC(=S)Nc2ccn(Cc3cccc(Cl)c3)n2)c1. The van der Waals surface area contributed by atoms with Crippen LogP contribution in [0, 0.1) is 13.8 Å². The number of hydrogen-bond donors (Lipinski definition) is 2. The number of halogens is 1. The molecule has 0 spiro atoms. The molecule has 0 aliphatic heterocycles. The first kappa shape index (κ1) is 17.5. The lowest BCUT2D eigenvalue weighted by Gasteiger charge is -2.11. The second-order valence-electron chi connectivity index (χ2n) is 5.93. The molecular formula is C19H19ClN4S. The van der Waals surface area contributed by atoms with E-state index in [-0.39, 0.29) is 0 Å². The number of rotatable bonds is 4. The van der Waals surface area contributed by atoms with Crippen LogP contribution in [0.25, 0.3) is 0 Å². The van der Waals surface area contributed by atoms with Crippen molar-refractivity contribution in [3.05, 3.63) is 76.4 Å². The third-order valence-electron chi connectivity index (χ3n) is 3.76. The van der Waals surface area contributed by atoms with Crippen LogP contribution in [0.5, 0.6) is 0 Å². The van der Waals surface area contributed by atoms with Gasteiger partial charge in [0.1, 0.15) is 0 Å². The van der Waals surface area contributed by atoms with Gasteiger partial charge >= 0.3 is 0 Å². The number of benzene rings is 2. The summed E-state index contributed by atoms with van der Waals surface area (Å²) in [6.45, 7) is 4.75. The number of hydrogen-bond acceptors (Lipinski definition) is 2. The topological polar surface area (TPSA) is 41.9 Å². The average molecular weight is 371 g/mol. The molecule has 2 aromatic carbocycles. The van der Waals surface area contributed by atoms with Gasteiger partial charge in [0.05, 0.1) is 6.54 Å². The standard InChI is InChI=1S/C19H19ClN4S/c1-13-6-7-14(2)17(10-13)21-19(25)22-18-8-9-24(23-18)12-15-4-3-5-16(20)11-15/h3-11H,12H2,1-2H3,(H2,21,22,23,25). The summed E-state index contributed by atoms with van der Waals surface area (Å²) in [5.41, 5.74) is 4.41. The van der Waals surface area contributed by atoms with Crippen molar-refractivity contribution in [1.29, 1.82) is 0 Å². The van der Waals surface area contributed by atoms with Crippen molar-refractivity contribution in [2.24, 2.45) is 0 Å². The lowest BCUT2D eigenvalue weighted by molar-refractivity contribution is 0.690. The molecule has 128 valence electrons. The normalized spacial score (nSPS) is 10.5. The van der Waals surface area contributed by atoms with Crippen molar-refractivity contribution in [1.82, 2.24) is 9.78 Å². The van der Waals surface area contributed by atoms with Crippen molar-refractivity contribution in [3.63, 3.8) is 0 Å². The van der Waals surface area contributed by atoms with Crippen molar-refractivity contribution < 1.29 is 0 Å². The number of aromatic nitrogens is 2. The Labute approximate surface area is 157 Å². The van der Waals surface area contributed by atoms with Crippen molar-refractivity contribution >= 4 is 40.4 Å². The van der Waals surface area contributed by atoms with Crippen LogP contribution in [0.1, 0.15) is 16.7 Å². The molecule has 0 aliphatic carbocycles. The third kappa shape index (κ3) is 4.81. The third-order valence-corrected chi connectivity index (χ3v) is 4.20. The van der Waals surface area contributed by atoms with Gasteiger partial charge in [-0.3, -0.25) is 4.68 Å². The first-order valence-corrected chi connectivity index (χ1v) is 8.71. The number of aryl methyl sites for hydroxylation is 2. The Bertz CT molecular complexity index is 904. The summed E-state index contributed by atoms with van der Waals surface area (Å²) >= 11 is 11.4. The predicted octanol–water partition coefficient (Wildman–Crippen LogP) is 5.01. The van der Waals surface area contributed by atoms with E-state index >= 15 is 0 Å². The average Bonchev–Trinajstić information content (AvgIpc) is 2.97. The number of nitrogens with one attached hydrogen (secondary N) is 2. The second kappa shape index (κ2) is 7.68. The zero-order valence-corrected chi connectivity index (χ0v) is 15.7. The Morgan fingerprint density at radius 2 is 1.96 bits per heavy atom. The maximum absolute atomic E-state index is 6.02. The number of nitrogens with zero attached hydrogens (tertiary/aromatic N) is 2. The lowest BCUT2D eigenvalue weighted by atomic mass is 10.1. The molecule has 4 nitrogen and oxygen atoms in total. The molecule has 3 aromatic rings. The van der Waals surface area contributed by atoms with Crippen LogP contribution >= 0.6 is 23.8 Å². The minimum atomic E-state index is 0.515. The molecule has 6 heteroatoms. The smallest absolute Gasteiger partial charge is 0.176 e. The Balaban J connectivity index is 1.62. The van der Waals surface area contributed by atoms with Gasteiger partial charge in [0.15, 0.2) is 10.9 Å². The van der Waals surface area contributed by atoms with Gasteiger partial charge in [0.2, 0.25) is 0 Å². The van der Waals surface area contributed by atoms with Gasteiger partial charge in [-0.05, 0) is 61.0 Å². The van der Waals surface area contributed by atoms with Crippen LogP contribution < -0.4 is 10.6 Å². The molecule has 2 N–H and O–H groups in total. The highest BCUT2D eigenvalue weighted by molar-refractivity contribution is 7.80. The van der Waals surface area contributed by atoms with E-state index in [2.05, 4.69) is 40.9 Å². The van der Waals surface area contributed by atoms with Crippen molar-refractivity contribution in [2.75, 3.05) is 10.6 Å². The summed E-state index contributed by atoms with van der Waals surface area (Å²) in [7, 11) is 0. The molecule has 1 aromatic heterocycles. The summed E-state index contributed by atoms with van der Waals surface area (Å²) in [6, 6.07) is 15.9. The fourth-order valence-electron chi connectivity index (χ4n) is 2.48. The molecule has 0 atom stereocenters. The molecule has 0 amide bonds. The van der Waals surface area contributed by atoms with E-state index in [0.717, 1.165) is 21.8 Å². The quantitative estimate of drug-likeness (QED) is 0.633. The van der Waals surface area contributed by atoms with Gasteiger partial charge in [0, 0.05) is 23.0 Å². The number of thiocarbonyl (C=S) groups is 1. The van der Waals surface area contributed by atoms with Crippen LogP contribution in [0.3, 0.4) is 0 Å². The fraction of sp³-hybridized carbons (Fsp3) is 0.158. The molecular weight excluding hydrogens is 352 g/mol. The minimum absolute atomic E-state index is 0.515. The van der Waals surface area contributed by atoms with E-state index in [0.29, 0.717) is 17.5 Å². The van der Waals surface area contributed by atoms with Gasteiger partial charge in [0.25, 0.3) is 0 Å². The van der Waals surface area contributed by atoms with Crippen LogP contribution in [0.15, 0.2) is 54.7 Å². The second-order valence-corrected chi connectivity index (χ2v) is 6.77. The maximum atomic E-state index is 6.02. The molecule has 0 unspecified atom stereocenters. The molecule has 0 saturated heterocycles. The van der Waals surface area contributed by atoms with Crippen molar-refractivity contribution in [3.8, 4) is 0 Å². The van der Waals surface area contributed by atoms with Crippen molar-refractivity contribution in [2.45, 2.75) is 20.4 Å². The first-order valence-electron chi connectivity index (χ1n) is 7.93. The molecule has 0 fully saturated rings. The van der Waals surface area contributed by atoms with E-state index in [1.54, 1.807) is 0 Å². The van der Waals surface area contributed by atoms with Gasteiger partial charge in [-0.2, -0.15) is 5.10 Å². The zero-order chi connectivity index (χ0) is 17.8. The molecule has 3 rings (SSSR count). The molecule has 0 bridgehead atoms. The van der Waals surface area contributed by atoms with Gasteiger partial charge in [-0.25, -0.2) is 0 Å². The summed E-state index contributed by atoms with van der Waals surface area (Å²) < 4.78 is 1.84. The zero-order valence-electron chi connectivity index (χ0n) is 14.1. The highest BCUT2D eigenvalue weighted by Crippen LogP contribution is 2.17. The first-order chi connectivity index (χ1) is 12.0. The Morgan fingerprint density at radius 1 is 1.12 bits per heavy atom. The maximum Gasteiger partial charge on any atom is 0.176 e. The van der Waals surface area contributed by atoms with Crippen LogP contribution in [-0.2, 0) is 6.54 Å². The van der Waals surface area contributed by atoms with E-state index in [9.17, 15) is 0 Å². The summed E-state index contributed by atoms with van der Waals surface area (Å²) in [5.74, 6) is 0.699. The van der Waals surface area contributed by atoms with E-state index < -0.39 is 0 Å². The lowest BCUT2D eigenvalue weighted by Crippen LogP contribution is -2.20. The largest absolute Gasteiger partial charge is 0.332 e. The highest BCUT2D eigenvalue weighted by Gasteiger charge is 2.05. The monoisotopic (exact) mass is 370 g/mol. The molecule has 25 heavy (non-hydrogen) atoms. The van der Waals surface area contributed by atoms with E-state index in [4.69, 9.17) is 23.8 Å². The Morgan fingerprint density at radius 3 is 2.76 bits per heavy atom.